The molecule has 0 aromatic rings. The second kappa shape index (κ2) is 17.7. The molecule has 0 spiro atoms. The largest absolute Gasteiger partial charge is 0.459 e. The van der Waals surface area contributed by atoms with E-state index in [9.17, 15) is 45.3 Å². The van der Waals surface area contributed by atoms with E-state index < -0.39 is 72.4 Å². The second-order valence-electron chi connectivity index (χ2n) is 12.7. The van der Waals surface area contributed by atoms with E-state index in [0.717, 1.165) is 6.42 Å². The molecule has 2 aliphatic rings. The lowest BCUT2D eigenvalue weighted by Crippen LogP contribution is -2.59. The van der Waals surface area contributed by atoms with Gasteiger partial charge in [-0.1, -0.05) is 50.6 Å². The van der Waals surface area contributed by atoms with Crippen molar-refractivity contribution in [1.82, 2.24) is 0 Å². The molecule has 7 N–H and O–H groups in total. The monoisotopic (exact) mass is 626 g/mol. The number of carbonyl (C=O) groups is 2. The van der Waals surface area contributed by atoms with Crippen LogP contribution in [0.2, 0.25) is 0 Å². The molecular weight excluding hydrogens is 572 g/mol. The Balaban J connectivity index is 2.32. The number of aliphatic hydroxyl groups is 7. The lowest BCUT2D eigenvalue weighted by atomic mass is 9.88. The number of hydrogen-bond donors (Lipinski definition) is 7. The number of cyclic esters (lactones) is 1. The van der Waals surface area contributed by atoms with E-state index in [2.05, 4.69) is 6.58 Å². The highest BCUT2D eigenvalue weighted by Gasteiger charge is 2.49. The van der Waals surface area contributed by atoms with Crippen molar-refractivity contribution in [3.8, 4) is 0 Å². The van der Waals surface area contributed by atoms with Gasteiger partial charge < -0.3 is 45.2 Å². The number of esters is 1. The Hall–Kier alpha value is -1.96. The summed E-state index contributed by atoms with van der Waals surface area (Å²) in [5.41, 5.74) is 0.716. The van der Waals surface area contributed by atoms with Crippen molar-refractivity contribution in [1.29, 1.82) is 0 Å². The molecule has 0 aromatic carbocycles. The minimum Gasteiger partial charge on any atom is -0.459 e. The summed E-state index contributed by atoms with van der Waals surface area (Å²) in [4.78, 5) is 25.7. The first kappa shape index (κ1) is 38.2. The maximum atomic E-state index is 12.9. The fourth-order valence-corrected chi connectivity index (χ4v) is 5.57. The number of aliphatic hydroxyl groups excluding tert-OH is 6. The van der Waals surface area contributed by atoms with Crippen LogP contribution in [0.4, 0.5) is 0 Å². The zero-order valence-electron chi connectivity index (χ0n) is 26.5. The normalized spacial score (nSPS) is 41.6. The van der Waals surface area contributed by atoms with E-state index in [1.54, 1.807) is 19.9 Å². The number of fused-ring (bicyclic) bond motifs is 2. The van der Waals surface area contributed by atoms with Gasteiger partial charge in [-0.15, -0.1) is 0 Å². The van der Waals surface area contributed by atoms with Gasteiger partial charge >= 0.3 is 5.97 Å². The summed E-state index contributed by atoms with van der Waals surface area (Å²) in [6, 6.07) is 0. The standard InChI is InChI=1S/C33H54O11/c1-6-7-8-29-26(36)13-10-23(34)17-24-11-14-30(39)33(42,44-24)31(40)16-19(2)15-21(4)28(38)18-27(37)20(3)9-12-25(35)22(5)32(41)43-29/h9,12,15,21-27,29-31,34-37,39-40,42H,3,6-8,10-11,13-14,16-18H2,1-2,4-5H3/b12-9+,19-15-/t21-,22-,23+,24-,25+,26-,27+,29-,30-,31-,33-/m1/s1. The van der Waals surface area contributed by atoms with Gasteiger partial charge in [0.2, 0.25) is 5.79 Å². The molecule has 0 radical (unpaired) electrons. The Bertz CT molecular complexity index is 1010. The molecule has 0 saturated carbocycles. The number of rotatable bonds is 3. The number of ether oxygens (including phenoxy) is 2. The van der Waals surface area contributed by atoms with Crippen LogP contribution in [-0.2, 0) is 19.1 Å². The molecule has 252 valence electrons. The quantitative estimate of drug-likeness (QED) is 0.179. The van der Waals surface area contributed by atoms with Crippen molar-refractivity contribution in [3.05, 3.63) is 36.0 Å². The highest BCUT2D eigenvalue weighted by atomic mass is 16.7. The minimum absolute atomic E-state index is 0.0808. The Labute approximate surface area is 260 Å². The Morgan fingerprint density at radius 2 is 1.66 bits per heavy atom. The zero-order chi connectivity index (χ0) is 33.2. The molecule has 1 fully saturated rings. The molecule has 11 atom stereocenters. The van der Waals surface area contributed by atoms with Crippen molar-refractivity contribution < 1.29 is 54.8 Å². The van der Waals surface area contributed by atoms with Gasteiger partial charge in [0, 0.05) is 12.3 Å². The van der Waals surface area contributed by atoms with Gasteiger partial charge in [0.05, 0.1) is 36.4 Å². The molecule has 1 saturated heterocycles. The van der Waals surface area contributed by atoms with E-state index in [1.165, 1.54) is 19.1 Å². The second-order valence-corrected chi connectivity index (χ2v) is 12.7. The maximum absolute atomic E-state index is 12.9. The summed E-state index contributed by atoms with van der Waals surface area (Å²) >= 11 is 0. The average Bonchev–Trinajstić information content (AvgIpc) is 2.97. The van der Waals surface area contributed by atoms with E-state index in [0.29, 0.717) is 24.8 Å². The van der Waals surface area contributed by atoms with Crippen molar-refractivity contribution in [2.75, 3.05) is 0 Å². The van der Waals surface area contributed by atoms with E-state index >= 15 is 0 Å². The molecule has 0 aromatic heterocycles. The summed E-state index contributed by atoms with van der Waals surface area (Å²) in [7, 11) is 0. The lowest BCUT2D eigenvalue weighted by molar-refractivity contribution is -0.337. The van der Waals surface area contributed by atoms with Crippen LogP contribution in [-0.4, -0.2) is 102 Å². The predicted octanol–water partition coefficient (Wildman–Crippen LogP) is 1.99. The Kier molecular flexibility index (Phi) is 15.3. The number of ketones is 1. The third-order valence-electron chi connectivity index (χ3n) is 8.71. The topological polar surface area (TPSA) is 194 Å². The Morgan fingerprint density at radius 1 is 0.977 bits per heavy atom. The molecule has 44 heavy (non-hydrogen) atoms. The first-order valence-electron chi connectivity index (χ1n) is 15.8. The summed E-state index contributed by atoms with van der Waals surface area (Å²) in [6.07, 6.45) is -2.45. The SMILES string of the molecule is C=C1/C=C/[C@H](O)[C@@H](C)C(=O)O[C@H](CCCC)[C@H](O)CC[C@H](O)C[C@H]2CC[C@@H](O)[C@@](O)(O2)[C@H](O)C/C(C)=C\[C@@H](C)C(=O)C[C@@H]1O. The first-order chi connectivity index (χ1) is 20.6. The van der Waals surface area contributed by atoms with E-state index in [4.69, 9.17) is 9.47 Å². The van der Waals surface area contributed by atoms with Crippen LogP contribution in [0.15, 0.2) is 36.0 Å². The minimum atomic E-state index is -2.29. The predicted molar refractivity (Wildman–Crippen MR) is 163 cm³/mol. The smallest absolute Gasteiger partial charge is 0.311 e. The third kappa shape index (κ3) is 11.1. The molecule has 2 bridgehead atoms. The highest BCUT2D eigenvalue weighted by Crippen LogP contribution is 2.34. The van der Waals surface area contributed by atoms with Gasteiger partial charge in [-0.3, -0.25) is 9.59 Å². The van der Waals surface area contributed by atoms with Crippen LogP contribution in [0, 0.1) is 11.8 Å². The van der Waals surface area contributed by atoms with Gasteiger partial charge in [-0.05, 0) is 70.8 Å². The van der Waals surface area contributed by atoms with Crippen molar-refractivity contribution in [3.63, 3.8) is 0 Å². The van der Waals surface area contributed by atoms with Crippen LogP contribution in [0.5, 0.6) is 0 Å². The third-order valence-corrected chi connectivity index (χ3v) is 8.71. The number of hydrogen-bond acceptors (Lipinski definition) is 11. The van der Waals surface area contributed by atoms with Gasteiger partial charge in [0.15, 0.2) is 0 Å². The van der Waals surface area contributed by atoms with Gasteiger partial charge in [-0.25, -0.2) is 0 Å². The lowest BCUT2D eigenvalue weighted by Gasteiger charge is -2.44. The number of allylic oxidation sites excluding steroid dienone is 1. The molecule has 11 heteroatoms. The van der Waals surface area contributed by atoms with Crippen LogP contribution >= 0.6 is 0 Å². The van der Waals surface area contributed by atoms with E-state index in [-0.39, 0.29) is 49.9 Å². The molecule has 0 amide bonds. The fraction of sp³-hybridized carbons (Fsp3) is 0.758. The zero-order valence-corrected chi connectivity index (χ0v) is 26.5. The molecule has 2 rings (SSSR count). The summed E-state index contributed by atoms with van der Waals surface area (Å²) in [6.45, 7) is 10.5. The van der Waals surface area contributed by atoms with Crippen LogP contribution in [0.1, 0.15) is 91.9 Å². The molecule has 2 heterocycles. The molecule has 2 aliphatic heterocycles. The molecule has 0 unspecified atom stereocenters. The van der Waals surface area contributed by atoms with Crippen LogP contribution < -0.4 is 0 Å². The van der Waals surface area contributed by atoms with Crippen molar-refractivity contribution >= 4 is 11.8 Å². The van der Waals surface area contributed by atoms with Crippen molar-refractivity contribution in [2.45, 2.75) is 147 Å². The summed E-state index contributed by atoms with van der Waals surface area (Å²) in [5, 5.41) is 75.4. The molecule has 11 nitrogen and oxygen atoms in total. The van der Waals surface area contributed by atoms with Crippen LogP contribution in [0.3, 0.4) is 0 Å². The van der Waals surface area contributed by atoms with Gasteiger partial charge in [0.25, 0.3) is 0 Å². The maximum Gasteiger partial charge on any atom is 0.311 e. The fourth-order valence-electron chi connectivity index (χ4n) is 5.57. The molecular formula is C33H54O11. The van der Waals surface area contributed by atoms with Gasteiger partial charge in [0.1, 0.15) is 24.1 Å². The number of unbranched alkanes of at least 4 members (excludes halogenated alkanes) is 1. The van der Waals surface area contributed by atoms with Crippen molar-refractivity contribution in [2.24, 2.45) is 11.8 Å². The molecule has 0 aliphatic carbocycles. The van der Waals surface area contributed by atoms with Gasteiger partial charge in [-0.2, -0.15) is 0 Å². The summed E-state index contributed by atoms with van der Waals surface area (Å²) in [5.74, 6) is -4.97. The van der Waals surface area contributed by atoms with E-state index in [1.807, 2.05) is 6.92 Å². The Morgan fingerprint density at radius 3 is 2.32 bits per heavy atom. The number of Topliss-reactive ketones (excluding diaryl/α,β-unsaturated/α-hetero) is 1. The first-order valence-corrected chi connectivity index (χ1v) is 15.8. The summed E-state index contributed by atoms with van der Waals surface area (Å²) < 4.78 is 11.4. The average molecular weight is 627 g/mol. The van der Waals surface area contributed by atoms with Crippen LogP contribution in [0.25, 0.3) is 0 Å². The highest BCUT2D eigenvalue weighted by molar-refractivity contribution is 5.83. The number of carbonyl (C=O) groups excluding carboxylic acids is 2.